The number of hydrogen-bond donors (Lipinski definition) is 1. The molecule has 1 fully saturated rings. The summed E-state index contributed by atoms with van der Waals surface area (Å²) in [6.45, 7) is 8.00. The standard InChI is InChI=1S/C14H28N4O2/c1-5-12(2)15-10-13(19)18-8-6-17(7-9-18)11-14(20)16(3)4/h12,15H,5-11H2,1-4H3. The molecule has 1 saturated heterocycles. The molecule has 1 aliphatic heterocycles. The van der Waals surface area contributed by atoms with E-state index in [-0.39, 0.29) is 11.8 Å². The molecule has 116 valence electrons. The van der Waals surface area contributed by atoms with Crippen molar-refractivity contribution in [1.82, 2.24) is 20.0 Å². The molecule has 1 heterocycles. The Labute approximate surface area is 122 Å². The highest BCUT2D eigenvalue weighted by molar-refractivity contribution is 5.79. The Hall–Kier alpha value is -1.14. The summed E-state index contributed by atoms with van der Waals surface area (Å²) in [5, 5.41) is 3.22. The number of hydrogen-bond acceptors (Lipinski definition) is 4. The molecule has 0 saturated carbocycles. The zero-order chi connectivity index (χ0) is 15.1. The molecule has 1 rings (SSSR count). The second-order valence-corrected chi connectivity index (χ2v) is 5.64. The van der Waals surface area contributed by atoms with Crippen LogP contribution in [0, 0.1) is 0 Å². The summed E-state index contributed by atoms with van der Waals surface area (Å²) in [5.74, 6) is 0.270. The highest BCUT2D eigenvalue weighted by Crippen LogP contribution is 2.02. The van der Waals surface area contributed by atoms with Gasteiger partial charge in [0.1, 0.15) is 0 Å². The molecule has 6 heteroatoms. The monoisotopic (exact) mass is 284 g/mol. The van der Waals surface area contributed by atoms with Gasteiger partial charge in [0.15, 0.2) is 0 Å². The van der Waals surface area contributed by atoms with Gasteiger partial charge in [-0.25, -0.2) is 0 Å². The largest absolute Gasteiger partial charge is 0.348 e. The highest BCUT2D eigenvalue weighted by Gasteiger charge is 2.22. The van der Waals surface area contributed by atoms with Crippen LogP contribution >= 0.6 is 0 Å². The topological polar surface area (TPSA) is 55.9 Å². The number of nitrogens with zero attached hydrogens (tertiary/aromatic N) is 3. The van der Waals surface area contributed by atoms with E-state index in [9.17, 15) is 9.59 Å². The van der Waals surface area contributed by atoms with Crippen LogP contribution < -0.4 is 5.32 Å². The number of rotatable bonds is 6. The first-order valence-electron chi connectivity index (χ1n) is 7.37. The second-order valence-electron chi connectivity index (χ2n) is 5.64. The predicted octanol–water partition coefficient (Wildman–Crippen LogP) is -0.393. The van der Waals surface area contributed by atoms with Crippen molar-refractivity contribution in [3.8, 4) is 0 Å². The number of piperazine rings is 1. The fraction of sp³-hybridized carbons (Fsp3) is 0.857. The molecule has 0 bridgehead atoms. The first-order valence-corrected chi connectivity index (χ1v) is 7.37. The molecule has 1 aliphatic rings. The van der Waals surface area contributed by atoms with E-state index < -0.39 is 0 Å². The van der Waals surface area contributed by atoms with Crippen molar-refractivity contribution >= 4 is 11.8 Å². The highest BCUT2D eigenvalue weighted by atomic mass is 16.2. The molecule has 0 aliphatic carbocycles. The minimum Gasteiger partial charge on any atom is -0.348 e. The van der Waals surface area contributed by atoms with Crippen molar-refractivity contribution < 1.29 is 9.59 Å². The Morgan fingerprint density at radius 1 is 1.20 bits per heavy atom. The van der Waals surface area contributed by atoms with Gasteiger partial charge in [-0.05, 0) is 13.3 Å². The molecule has 0 radical (unpaired) electrons. The van der Waals surface area contributed by atoms with Crippen LogP contribution in [0.3, 0.4) is 0 Å². The van der Waals surface area contributed by atoms with E-state index >= 15 is 0 Å². The smallest absolute Gasteiger partial charge is 0.236 e. The molecule has 2 amide bonds. The third-order valence-electron chi connectivity index (χ3n) is 3.80. The Kier molecular flexibility index (Phi) is 6.95. The van der Waals surface area contributed by atoms with Gasteiger partial charge < -0.3 is 15.1 Å². The van der Waals surface area contributed by atoms with Gasteiger partial charge in [-0.15, -0.1) is 0 Å². The van der Waals surface area contributed by atoms with Crippen LogP contribution in [0.2, 0.25) is 0 Å². The number of likely N-dealkylation sites (N-methyl/N-ethyl adjacent to an activating group) is 1. The Bertz CT molecular complexity index is 325. The van der Waals surface area contributed by atoms with Gasteiger partial charge in [0.25, 0.3) is 0 Å². The summed E-state index contributed by atoms with van der Waals surface area (Å²) in [4.78, 5) is 29.2. The van der Waals surface area contributed by atoms with Crippen molar-refractivity contribution in [1.29, 1.82) is 0 Å². The fourth-order valence-electron chi connectivity index (χ4n) is 2.01. The number of amides is 2. The van der Waals surface area contributed by atoms with Gasteiger partial charge in [0.2, 0.25) is 11.8 Å². The summed E-state index contributed by atoms with van der Waals surface area (Å²) in [6.07, 6.45) is 1.02. The van der Waals surface area contributed by atoms with Crippen molar-refractivity contribution in [2.24, 2.45) is 0 Å². The predicted molar refractivity (Wildman–Crippen MR) is 79.5 cm³/mol. The Balaban J connectivity index is 2.27. The Morgan fingerprint density at radius 3 is 2.30 bits per heavy atom. The van der Waals surface area contributed by atoms with Crippen molar-refractivity contribution in [2.75, 3.05) is 53.4 Å². The summed E-state index contributed by atoms with van der Waals surface area (Å²) >= 11 is 0. The number of nitrogens with one attached hydrogen (secondary N) is 1. The van der Waals surface area contributed by atoms with E-state index in [0.29, 0.717) is 32.2 Å². The molecule has 0 aromatic heterocycles. The first-order chi connectivity index (χ1) is 9.43. The maximum absolute atomic E-state index is 12.0. The third-order valence-corrected chi connectivity index (χ3v) is 3.80. The molecule has 20 heavy (non-hydrogen) atoms. The molecule has 0 aromatic carbocycles. The van der Waals surface area contributed by atoms with E-state index in [0.717, 1.165) is 19.5 Å². The Morgan fingerprint density at radius 2 is 1.80 bits per heavy atom. The van der Waals surface area contributed by atoms with Crippen LogP contribution in [-0.4, -0.2) is 85.9 Å². The van der Waals surface area contributed by atoms with Crippen LogP contribution in [-0.2, 0) is 9.59 Å². The van der Waals surface area contributed by atoms with E-state index in [1.54, 1.807) is 19.0 Å². The number of carbonyl (C=O) groups is 2. The lowest BCUT2D eigenvalue weighted by Gasteiger charge is -2.35. The van der Waals surface area contributed by atoms with E-state index in [1.165, 1.54) is 0 Å². The number of carbonyl (C=O) groups excluding carboxylic acids is 2. The minimum absolute atomic E-state index is 0.114. The van der Waals surface area contributed by atoms with Crippen LogP contribution in [0.15, 0.2) is 0 Å². The first kappa shape index (κ1) is 16.9. The lowest BCUT2D eigenvalue weighted by Crippen LogP contribution is -2.52. The zero-order valence-corrected chi connectivity index (χ0v) is 13.2. The van der Waals surface area contributed by atoms with E-state index in [2.05, 4.69) is 24.1 Å². The van der Waals surface area contributed by atoms with Crippen LogP contribution in [0.1, 0.15) is 20.3 Å². The lowest BCUT2D eigenvalue weighted by atomic mass is 10.2. The zero-order valence-electron chi connectivity index (χ0n) is 13.2. The van der Waals surface area contributed by atoms with E-state index in [4.69, 9.17) is 0 Å². The average Bonchev–Trinajstić information content (AvgIpc) is 2.44. The normalized spacial score (nSPS) is 17.9. The fourth-order valence-corrected chi connectivity index (χ4v) is 2.01. The summed E-state index contributed by atoms with van der Waals surface area (Å²) in [6, 6.07) is 0.373. The van der Waals surface area contributed by atoms with Crippen molar-refractivity contribution in [3.63, 3.8) is 0 Å². The van der Waals surface area contributed by atoms with Crippen LogP contribution in [0.25, 0.3) is 0 Å². The molecule has 1 atom stereocenters. The van der Waals surface area contributed by atoms with Crippen molar-refractivity contribution in [3.05, 3.63) is 0 Å². The third kappa shape index (κ3) is 5.46. The van der Waals surface area contributed by atoms with Gasteiger partial charge in [0, 0.05) is 46.3 Å². The van der Waals surface area contributed by atoms with Gasteiger partial charge in [-0.1, -0.05) is 6.92 Å². The minimum atomic E-state index is 0.114. The van der Waals surface area contributed by atoms with Crippen LogP contribution in [0.4, 0.5) is 0 Å². The van der Waals surface area contributed by atoms with Crippen molar-refractivity contribution in [2.45, 2.75) is 26.3 Å². The maximum Gasteiger partial charge on any atom is 0.236 e. The van der Waals surface area contributed by atoms with Gasteiger partial charge in [-0.2, -0.15) is 0 Å². The van der Waals surface area contributed by atoms with Crippen LogP contribution in [0.5, 0.6) is 0 Å². The molecular formula is C14H28N4O2. The van der Waals surface area contributed by atoms with Gasteiger partial charge in [0.05, 0.1) is 13.1 Å². The summed E-state index contributed by atoms with van der Waals surface area (Å²) in [7, 11) is 3.53. The average molecular weight is 284 g/mol. The van der Waals surface area contributed by atoms with E-state index in [1.807, 2.05) is 4.90 Å². The molecular weight excluding hydrogens is 256 g/mol. The molecule has 0 spiro atoms. The molecule has 0 aromatic rings. The maximum atomic E-state index is 12.0. The molecule has 1 unspecified atom stereocenters. The SMILES string of the molecule is CCC(C)NCC(=O)N1CCN(CC(=O)N(C)C)CC1. The summed E-state index contributed by atoms with van der Waals surface area (Å²) < 4.78 is 0. The summed E-state index contributed by atoms with van der Waals surface area (Å²) in [5.41, 5.74) is 0. The molecule has 6 nitrogen and oxygen atoms in total. The van der Waals surface area contributed by atoms with Gasteiger partial charge >= 0.3 is 0 Å². The van der Waals surface area contributed by atoms with Gasteiger partial charge in [-0.3, -0.25) is 14.5 Å². The quantitative estimate of drug-likeness (QED) is 0.721. The second kappa shape index (κ2) is 8.21. The molecule has 1 N–H and O–H groups in total. The lowest BCUT2D eigenvalue weighted by molar-refractivity contribution is -0.133.